The molecule has 2 rings (SSSR count). The molecule has 0 aliphatic carbocycles. The highest BCUT2D eigenvalue weighted by Crippen LogP contribution is 2.37. The topological polar surface area (TPSA) is 64.9 Å². The van der Waals surface area contributed by atoms with Gasteiger partial charge in [-0.25, -0.2) is 0 Å². The molecule has 1 aromatic rings. The number of nitrogens with zero attached hydrogens (tertiary/aromatic N) is 2. The quantitative estimate of drug-likeness (QED) is 0.895. The summed E-state index contributed by atoms with van der Waals surface area (Å²) < 4.78 is 5.28. The number of hydrogen-bond donors (Lipinski definition) is 1. The van der Waals surface area contributed by atoms with Crippen LogP contribution in [0.5, 0.6) is 0 Å². The maximum atomic E-state index is 6.04. The van der Waals surface area contributed by atoms with E-state index in [2.05, 4.69) is 24.0 Å². The van der Waals surface area contributed by atoms with Gasteiger partial charge < -0.3 is 10.3 Å². The van der Waals surface area contributed by atoms with Crippen molar-refractivity contribution in [2.24, 2.45) is 11.7 Å². The van der Waals surface area contributed by atoms with Gasteiger partial charge in [-0.05, 0) is 30.9 Å². The predicted molar refractivity (Wildman–Crippen MR) is 69.7 cm³/mol. The van der Waals surface area contributed by atoms with Gasteiger partial charge in [0, 0.05) is 0 Å². The van der Waals surface area contributed by atoms with Gasteiger partial charge in [0.25, 0.3) is 0 Å². The molecule has 1 aromatic heterocycles. The summed E-state index contributed by atoms with van der Waals surface area (Å²) >= 11 is 1.93. The van der Waals surface area contributed by atoms with Crippen molar-refractivity contribution in [1.29, 1.82) is 0 Å². The van der Waals surface area contributed by atoms with Crippen LogP contribution in [0.1, 0.15) is 62.5 Å². The Hall–Kier alpha value is -0.550. The predicted octanol–water partition coefficient (Wildman–Crippen LogP) is 3.07. The molecular formula is C12H21N3OS. The van der Waals surface area contributed by atoms with Gasteiger partial charge in [0.1, 0.15) is 0 Å². The summed E-state index contributed by atoms with van der Waals surface area (Å²) in [6.45, 7) is 4.29. The molecule has 1 fully saturated rings. The minimum Gasteiger partial charge on any atom is -0.338 e. The van der Waals surface area contributed by atoms with E-state index in [1.165, 1.54) is 18.6 Å². The Bertz CT molecular complexity index is 347. The highest BCUT2D eigenvalue weighted by molar-refractivity contribution is 7.99. The summed E-state index contributed by atoms with van der Waals surface area (Å²) in [5.74, 6) is 3.18. The standard InChI is InChI=1S/C12H21N3OS/c1-8(2)7-9(13)12-14-11(15-16-12)10-5-3-4-6-17-10/h8-10H,3-7,13H2,1-2H3. The van der Waals surface area contributed by atoms with Gasteiger partial charge in [-0.2, -0.15) is 16.7 Å². The molecule has 2 unspecified atom stereocenters. The molecule has 96 valence electrons. The summed E-state index contributed by atoms with van der Waals surface area (Å²) in [5.41, 5.74) is 6.04. The first-order valence-corrected chi connectivity index (χ1v) is 7.42. The Balaban J connectivity index is 1.99. The van der Waals surface area contributed by atoms with Gasteiger partial charge >= 0.3 is 0 Å². The molecule has 1 saturated heterocycles. The molecule has 17 heavy (non-hydrogen) atoms. The van der Waals surface area contributed by atoms with Crippen molar-refractivity contribution in [3.63, 3.8) is 0 Å². The fraction of sp³-hybridized carbons (Fsp3) is 0.833. The molecule has 1 aliphatic heterocycles. The van der Waals surface area contributed by atoms with Gasteiger partial charge in [0.2, 0.25) is 5.89 Å². The van der Waals surface area contributed by atoms with E-state index in [1.54, 1.807) is 0 Å². The van der Waals surface area contributed by atoms with Crippen molar-refractivity contribution in [3.8, 4) is 0 Å². The second-order valence-corrected chi connectivity index (χ2v) is 6.39. The van der Waals surface area contributed by atoms with Crippen LogP contribution >= 0.6 is 11.8 Å². The fourth-order valence-corrected chi connectivity index (χ4v) is 3.32. The summed E-state index contributed by atoms with van der Waals surface area (Å²) in [5, 5.41) is 4.49. The Kier molecular flexibility index (Phi) is 4.45. The molecule has 4 nitrogen and oxygen atoms in total. The SMILES string of the molecule is CC(C)CC(N)c1nc(C2CCCCS2)no1. The number of aromatic nitrogens is 2. The van der Waals surface area contributed by atoms with Crippen LogP contribution in [0.4, 0.5) is 0 Å². The highest BCUT2D eigenvalue weighted by Gasteiger charge is 2.23. The third-order valence-corrected chi connectivity index (χ3v) is 4.34. The van der Waals surface area contributed by atoms with Gasteiger partial charge in [-0.1, -0.05) is 25.4 Å². The molecule has 2 atom stereocenters. The van der Waals surface area contributed by atoms with Crippen LogP contribution in [0.25, 0.3) is 0 Å². The van der Waals surface area contributed by atoms with Crippen LogP contribution in [0, 0.1) is 5.92 Å². The van der Waals surface area contributed by atoms with Crippen LogP contribution in [0.2, 0.25) is 0 Å². The van der Waals surface area contributed by atoms with Crippen molar-refractivity contribution in [2.45, 2.75) is 50.8 Å². The number of hydrogen-bond acceptors (Lipinski definition) is 5. The van der Waals surface area contributed by atoms with Crippen molar-refractivity contribution in [2.75, 3.05) is 5.75 Å². The Morgan fingerprint density at radius 3 is 2.94 bits per heavy atom. The number of nitrogens with two attached hydrogens (primary N) is 1. The lowest BCUT2D eigenvalue weighted by Gasteiger charge is -2.17. The Morgan fingerprint density at radius 1 is 1.47 bits per heavy atom. The zero-order chi connectivity index (χ0) is 12.3. The minimum atomic E-state index is -0.121. The zero-order valence-corrected chi connectivity index (χ0v) is 11.4. The van der Waals surface area contributed by atoms with Gasteiger partial charge in [0.15, 0.2) is 5.82 Å². The van der Waals surface area contributed by atoms with Crippen LogP contribution in [-0.4, -0.2) is 15.9 Å². The average Bonchev–Trinajstić information content (AvgIpc) is 2.78. The van der Waals surface area contributed by atoms with E-state index in [9.17, 15) is 0 Å². The lowest BCUT2D eigenvalue weighted by Crippen LogP contribution is -2.13. The van der Waals surface area contributed by atoms with Gasteiger partial charge in [-0.15, -0.1) is 0 Å². The third kappa shape index (κ3) is 3.45. The van der Waals surface area contributed by atoms with Crippen LogP contribution in [-0.2, 0) is 0 Å². The average molecular weight is 255 g/mol. The molecule has 0 saturated carbocycles. The molecule has 2 heterocycles. The molecule has 1 aliphatic rings. The lowest BCUT2D eigenvalue weighted by molar-refractivity contribution is 0.332. The summed E-state index contributed by atoms with van der Waals surface area (Å²) in [6, 6.07) is -0.121. The smallest absolute Gasteiger partial charge is 0.243 e. The van der Waals surface area contributed by atoms with Crippen LogP contribution in [0.3, 0.4) is 0 Å². The second kappa shape index (κ2) is 5.87. The molecule has 0 aromatic carbocycles. The summed E-state index contributed by atoms with van der Waals surface area (Å²) in [7, 11) is 0. The molecule has 0 amide bonds. The van der Waals surface area contributed by atoms with E-state index in [0.717, 1.165) is 18.7 Å². The van der Waals surface area contributed by atoms with E-state index >= 15 is 0 Å². The van der Waals surface area contributed by atoms with E-state index in [0.29, 0.717) is 17.1 Å². The fourth-order valence-electron chi connectivity index (χ4n) is 2.08. The van der Waals surface area contributed by atoms with Gasteiger partial charge in [-0.3, -0.25) is 0 Å². The van der Waals surface area contributed by atoms with Crippen molar-refractivity contribution in [3.05, 3.63) is 11.7 Å². The van der Waals surface area contributed by atoms with E-state index in [1.807, 2.05) is 11.8 Å². The molecule has 0 bridgehead atoms. The number of rotatable bonds is 4. The molecule has 5 heteroatoms. The first kappa shape index (κ1) is 12.9. The third-order valence-electron chi connectivity index (χ3n) is 2.97. The minimum absolute atomic E-state index is 0.121. The Morgan fingerprint density at radius 2 is 2.29 bits per heavy atom. The van der Waals surface area contributed by atoms with Crippen molar-refractivity contribution >= 4 is 11.8 Å². The summed E-state index contributed by atoms with van der Waals surface area (Å²) in [4.78, 5) is 4.46. The molecule has 0 radical (unpaired) electrons. The Labute approximate surface area is 107 Å². The van der Waals surface area contributed by atoms with Gasteiger partial charge in [0.05, 0.1) is 11.3 Å². The maximum Gasteiger partial charge on any atom is 0.243 e. The van der Waals surface area contributed by atoms with Crippen LogP contribution < -0.4 is 5.73 Å². The largest absolute Gasteiger partial charge is 0.338 e. The van der Waals surface area contributed by atoms with E-state index < -0.39 is 0 Å². The first-order valence-electron chi connectivity index (χ1n) is 6.37. The molecule has 0 spiro atoms. The lowest BCUT2D eigenvalue weighted by atomic mass is 10.0. The van der Waals surface area contributed by atoms with Crippen LogP contribution in [0.15, 0.2) is 4.52 Å². The molecule has 2 N–H and O–H groups in total. The number of thioether (sulfide) groups is 1. The second-order valence-electron chi connectivity index (χ2n) is 5.08. The normalized spacial score (nSPS) is 22.9. The van der Waals surface area contributed by atoms with Crippen molar-refractivity contribution < 1.29 is 4.52 Å². The zero-order valence-electron chi connectivity index (χ0n) is 10.6. The molecular weight excluding hydrogens is 234 g/mol. The first-order chi connectivity index (χ1) is 8.16. The van der Waals surface area contributed by atoms with E-state index in [-0.39, 0.29) is 6.04 Å². The van der Waals surface area contributed by atoms with Crippen molar-refractivity contribution in [1.82, 2.24) is 10.1 Å². The summed E-state index contributed by atoms with van der Waals surface area (Å²) in [6.07, 6.45) is 4.61. The monoisotopic (exact) mass is 255 g/mol. The maximum absolute atomic E-state index is 6.04. The van der Waals surface area contributed by atoms with E-state index in [4.69, 9.17) is 10.3 Å². The highest BCUT2D eigenvalue weighted by atomic mass is 32.2.